The van der Waals surface area contributed by atoms with Crippen molar-refractivity contribution in [3.8, 4) is 0 Å². The van der Waals surface area contributed by atoms with Crippen molar-refractivity contribution in [1.29, 1.82) is 0 Å². The highest BCUT2D eigenvalue weighted by Gasteiger charge is 2.26. The zero-order chi connectivity index (χ0) is 19.2. The van der Waals surface area contributed by atoms with E-state index >= 15 is 0 Å². The molecule has 0 saturated carbocycles. The zero-order valence-electron chi connectivity index (χ0n) is 16.8. The van der Waals surface area contributed by atoms with E-state index in [1.165, 1.54) is 0 Å². The zero-order valence-corrected chi connectivity index (χ0v) is 17.7. The van der Waals surface area contributed by atoms with Gasteiger partial charge in [0.2, 0.25) is 5.91 Å². The molecule has 0 aromatic carbocycles. The second kappa shape index (κ2) is 10.8. The predicted molar refractivity (Wildman–Crippen MR) is 113 cm³/mol. The van der Waals surface area contributed by atoms with E-state index in [2.05, 4.69) is 32.0 Å². The molecule has 2 aliphatic heterocycles. The van der Waals surface area contributed by atoms with Crippen LogP contribution in [0, 0.1) is 5.92 Å². The van der Waals surface area contributed by atoms with Crippen molar-refractivity contribution in [2.45, 2.75) is 45.2 Å². The summed E-state index contributed by atoms with van der Waals surface area (Å²) in [6, 6.07) is 1.70. The van der Waals surface area contributed by atoms with Gasteiger partial charge in [0, 0.05) is 38.3 Å². The molecule has 0 radical (unpaired) electrons. The van der Waals surface area contributed by atoms with Crippen LogP contribution < -0.4 is 20.9 Å². The van der Waals surface area contributed by atoms with E-state index in [0.717, 1.165) is 70.3 Å². The smallest absolute Gasteiger partial charge is 0.237 e. The first-order chi connectivity index (χ1) is 13.1. The van der Waals surface area contributed by atoms with Crippen LogP contribution >= 0.6 is 12.4 Å². The Balaban J connectivity index is 0.00000280. The number of morpholine rings is 1. The molecule has 3 unspecified atom stereocenters. The molecule has 9 heteroatoms. The van der Waals surface area contributed by atoms with Crippen LogP contribution in [0.1, 0.15) is 33.1 Å². The Labute approximate surface area is 173 Å². The molecule has 28 heavy (non-hydrogen) atoms. The van der Waals surface area contributed by atoms with Gasteiger partial charge >= 0.3 is 0 Å². The summed E-state index contributed by atoms with van der Waals surface area (Å²) in [5.41, 5.74) is 6.07. The highest BCUT2D eigenvalue weighted by atomic mass is 35.5. The largest absolute Gasteiger partial charge is 0.378 e. The standard InChI is InChI=1S/C19H32N6O2.ClH/c1-3-14(2)18(20)19(26)23-15-5-4-6-25(12-15)17-11-16(21-13-22-17)24-7-9-27-10-8-24;/h11,13-15,18H,3-10,12,20H2,1-2H3,(H,23,26);1H. The van der Waals surface area contributed by atoms with Crippen LogP contribution in [0.5, 0.6) is 0 Å². The third kappa shape index (κ3) is 5.68. The molecule has 0 spiro atoms. The van der Waals surface area contributed by atoms with Crippen molar-refractivity contribution in [2.24, 2.45) is 11.7 Å². The Morgan fingerprint density at radius 1 is 1.29 bits per heavy atom. The van der Waals surface area contributed by atoms with Crippen LogP contribution in [0.3, 0.4) is 0 Å². The third-order valence-corrected chi connectivity index (χ3v) is 5.62. The summed E-state index contributed by atoms with van der Waals surface area (Å²) in [5.74, 6) is 1.99. The Morgan fingerprint density at radius 3 is 2.64 bits per heavy atom. The van der Waals surface area contributed by atoms with Crippen molar-refractivity contribution in [3.63, 3.8) is 0 Å². The van der Waals surface area contributed by atoms with Crippen LogP contribution in [0.4, 0.5) is 11.6 Å². The SMILES string of the molecule is CCC(C)C(N)C(=O)NC1CCCN(c2cc(N3CCOCC3)ncn2)C1.Cl. The molecule has 3 rings (SSSR count). The Morgan fingerprint density at radius 2 is 1.96 bits per heavy atom. The lowest BCUT2D eigenvalue weighted by Crippen LogP contribution is -2.53. The lowest BCUT2D eigenvalue weighted by molar-refractivity contribution is -0.124. The minimum Gasteiger partial charge on any atom is -0.378 e. The van der Waals surface area contributed by atoms with Gasteiger partial charge in [0.25, 0.3) is 0 Å². The molecule has 0 bridgehead atoms. The average Bonchev–Trinajstić information content (AvgIpc) is 2.73. The maximum absolute atomic E-state index is 12.4. The van der Waals surface area contributed by atoms with Crippen LogP contribution in [0.2, 0.25) is 0 Å². The first kappa shape index (κ1) is 22.6. The van der Waals surface area contributed by atoms with E-state index in [0.29, 0.717) is 0 Å². The van der Waals surface area contributed by atoms with E-state index in [-0.39, 0.29) is 30.3 Å². The fourth-order valence-corrected chi connectivity index (χ4v) is 3.59. The molecule has 3 N–H and O–H groups in total. The van der Waals surface area contributed by atoms with Crippen molar-refractivity contribution in [1.82, 2.24) is 15.3 Å². The van der Waals surface area contributed by atoms with Crippen molar-refractivity contribution < 1.29 is 9.53 Å². The topological polar surface area (TPSA) is 96.6 Å². The number of anilines is 2. The Bertz CT molecular complexity index is 628. The summed E-state index contributed by atoms with van der Waals surface area (Å²) in [7, 11) is 0. The fraction of sp³-hybridized carbons (Fsp3) is 0.737. The molecule has 1 amide bonds. The van der Waals surface area contributed by atoms with Gasteiger partial charge in [-0.05, 0) is 18.8 Å². The molecular weight excluding hydrogens is 380 g/mol. The molecule has 2 aliphatic rings. The quantitative estimate of drug-likeness (QED) is 0.724. The molecular formula is C19H33ClN6O2. The number of piperidine rings is 1. The molecule has 3 heterocycles. The number of aromatic nitrogens is 2. The normalized spacial score (nSPS) is 22.2. The predicted octanol–water partition coefficient (Wildman–Crippen LogP) is 1.19. The molecule has 8 nitrogen and oxygen atoms in total. The van der Waals surface area contributed by atoms with E-state index in [1.54, 1.807) is 6.33 Å². The van der Waals surface area contributed by atoms with E-state index in [4.69, 9.17) is 10.5 Å². The highest BCUT2D eigenvalue weighted by molar-refractivity contribution is 5.85. The summed E-state index contributed by atoms with van der Waals surface area (Å²) in [6.07, 6.45) is 4.51. The number of nitrogens with zero attached hydrogens (tertiary/aromatic N) is 4. The number of carbonyl (C=O) groups excluding carboxylic acids is 1. The minimum atomic E-state index is -0.447. The van der Waals surface area contributed by atoms with Crippen molar-refractivity contribution in [2.75, 3.05) is 49.2 Å². The third-order valence-electron chi connectivity index (χ3n) is 5.62. The Kier molecular flexibility index (Phi) is 8.72. The van der Waals surface area contributed by atoms with Gasteiger partial charge in [0.05, 0.1) is 19.3 Å². The lowest BCUT2D eigenvalue weighted by atomic mass is 9.98. The van der Waals surface area contributed by atoms with Crippen molar-refractivity contribution >= 4 is 29.9 Å². The second-order valence-corrected chi connectivity index (χ2v) is 7.54. The van der Waals surface area contributed by atoms with E-state index in [9.17, 15) is 4.79 Å². The van der Waals surface area contributed by atoms with Gasteiger partial charge < -0.3 is 25.6 Å². The number of ether oxygens (including phenoxy) is 1. The number of amides is 1. The molecule has 1 aromatic rings. The van der Waals surface area contributed by atoms with Gasteiger partial charge in [-0.1, -0.05) is 20.3 Å². The van der Waals surface area contributed by atoms with Gasteiger partial charge in [0.1, 0.15) is 18.0 Å². The summed E-state index contributed by atoms with van der Waals surface area (Å²) >= 11 is 0. The van der Waals surface area contributed by atoms with Crippen LogP contribution in [-0.2, 0) is 9.53 Å². The van der Waals surface area contributed by atoms with Crippen LogP contribution in [-0.4, -0.2) is 67.4 Å². The summed E-state index contributed by atoms with van der Waals surface area (Å²) < 4.78 is 5.42. The van der Waals surface area contributed by atoms with E-state index in [1.807, 2.05) is 13.0 Å². The maximum atomic E-state index is 12.4. The summed E-state index contributed by atoms with van der Waals surface area (Å²) in [6.45, 7) is 8.92. The Hall–Kier alpha value is -1.64. The summed E-state index contributed by atoms with van der Waals surface area (Å²) in [4.78, 5) is 25.8. The van der Waals surface area contributed by atoms with Gasteiger partial charge in [-0.25, -0.2) is 9.97 Å². The summed E-state index contributed by atoms with van der Waals surface area (Å²) in [5, 5.41) is 3.14. The first-order valence-corrected chi connectivity index (χ1v) is 10.0. The molecule has 2 saturated heterocycles. The number of hydrogen-bond acceptors (Lipinski definition) is 7. The van der Waals surface area contributed by atoms with Crippen LogP contribution in [0.25, 0.3) is 0 Å². The van der Waals surface area contributed by atoms with Gasteiger partial charge in [-0.2, -0.15) is 0 Å². The average molecular weight is 413 g/mol. The lowest BCUT2D eigenvalue weighted by Gasteiger charge is -2.35. The van der Waals surface area contributed by atoms with Gasteiger partial charge in [-0.15, -0.1) is 12.4 Å². The van der Waals surface area contributed by atoms with Gasteiger partial charge in [-0.3, -0.25) is 4.79 Å². The number of nitrogens with one attached hydrogen (secondary N) is 1. The highest BCUT2D eigenvalue weighted by Crippen LogP contribution is 2.22. The molecule has 2 fully saturated rings. The number of hydrogen-bond donors (Lipinski definition) is 2. The molecule has 1 aromatic heterocycles. The van der Waals surface area contributed by atoms with Crippen LogP contribution in [0.15, 0.2) is 12.4 Å². The maximum Gasteiger partial charge on any atom is 0.237 e. The van der Waals surface area contributed by atoms with Crippen molar-refractivity contribution in [3.05, 3.63) is 12.4 Å². The fourth-order valence-electron chi connectivity index (χ4n) is 3.59. The molecule has 0 aliphatic carbocycles. The molecule has 3 atom stereocenters. The minimum absolute atomic E-state index is 0. The molecule has 158 valence electrons. The van der Waals surface area contributed by atoms with E-state index < -0.39 is 6.04 Å². The number of nitrogens with two attached hydrogens (primary N) is 1. The second-order valence-electron chi connectivity index (χ2n) is 7.54. The van der Waals surface area contributed by atoms with Gasteiger partial charge in [0.15, 0.2) is 0 Å². The first-order valence-electron chi connectivity index (χ1n) is 10.0. The number of rotatable bonds is 6. The number of carbonyl (C=O) groups is 1. The number of halogens is 1. The monoisotopic (exact) mass is 412 g/mol.